The number of hydrogen-bond donors (Lipinski definition) is 1. The van der Waals surface area contributed by atoms with Gasteiger partial charge in [0.1, 0.15) is 0 Å². The Bertz CT molecular complexity index is 508. The van der Waals surface area contributed by atoms with Crippen molar-refractivity contribution in [1.29, 1.82) is 0 Å². The van der Waals surface area contributed by atoms with E-state index in [1.807, 2.05) is 20.0 Å². The standard InChI is InChI=1S/C15H22N2OS/c1-10(2)12(4)17(5)15(18)14-9-11(3)13(19-14)7-6-8-16/h9-10,12H,8,16H2,1-5H3. The number of rotatable bonds is 3. The van der Waals surface area contributed by atoms with Gasteiger partial charge in [-0.1, -0.05) is 25.7 Å². The smallest absolute Gasteiger partial charge is 0.263 e. The fourth-order valence-electron chi connectivity index (χ4n) is 1.65. The Hall–Kier alpha value is -1.31. The predicted octanol–water partition coefficient (Wildman–Crippen LogP) is 2.48. The van der Waals surface area contributed by atoms with E-state index in [1.165, 1.54) is 11.3 Å². The topological polar surface area (TPSA) is 46.3 Å². The second-order valence-corrected chi connectivity index (χ2v) is 6.08. The van der Waals surface area contributed by atoms with Gasteiger partial charge in [-0.2, -0.15) is 0 Å². The molecule has 1 heterocycles. The Labute approximate surface area is 119 Å². The normalized spacial score (nSPS) is 11.9. The number of amides is 1. The molecule has 0 aliphatic rings. The van der Waals surface area contributed by atoms with Crippen molar-refractivity contribution in [3.8, 4) is 11.8 Å². The van der Waals surface area contributed by atoms with E-state index < -0.39 is 0 Å². The van der Waals surface area contributed by atoms with E-state index in [0.717, 1.165) is 15.3 Å². The lowest BCUT2D eigenvalue weighted by atomic mass is 10.1. The van der Waals surface area contributed by atoms with Gasteiger partial charge in [-0.25, -0.2) is 0 Å². The molecule has 3 nitrogen and oxygen atoms in total. The highest BCUT2D eigenvalue weighted by molar-refractivity contribution is 7.14. The lowest BCUT2D eigenvalue weighted by Gasteiger charge is -2.27. The molecule has 0 aliphatic heterocycles. The van der Waals surface area contributed by atoms with Gasteiger partial charge in [-0.15, -0.1) is 11.3 Å². The number of carbonyl (C=O) groups is 1. The molecule has 0 fully saturated rings. The van der Waals surface area contributed by atoms with Crippen LogP contribution in [-0.4, -0.2) is 30.4 Å². The van der Waals surface area contributed by atoms with Crippen LogP contribution in [0.1, 0.15) is 40.9 Å². The molecule has 0 saturated heterocycles. The molecule has 2 N–H and O–H groups in total. The molecular weight excluding hydrogens is 256 g/mol. The van der Waals surface area contributed by atoms with Crippen LogP contribution in [0.4, 0.5) is 0 Å². The van der Waals surface area contributed by atoms with Gasteiger partial charge in [-0.05, 0) is 31.4 Å². The first-order valence-corrected chi connectivity index (χ1v) is 7.26. The Morgan fingerprint density at radius 2 is 2.11 bits per heavy atom. The molecular formula is C15H22N2OS. The van der Waals surface area contributed by atoms with E-state index in [9.17, 15) is 4.79 Å². The van der Waals surface area contributed by atoms with Crippen molar-refractivity contribution < 1.29 is 4.79 Å². The van der Waals surface area contributed by atoms with Crippen molar-refractivity contribution in [2.24, 2.45) is 11.7 Å². The molecule has 104 valence electrons. The second kappa shape index (κ2) is 6.74. The molecule has 0 spiro atoms. The summed E-state index contributed by atoms with van der Waals surface area (Å²) in [6.07, 6.45) is 0. The summed E-state index contributed by atoms with van der Waals surface area (Å²) in [7, 11) is 1.85. The third-order valence-electron chi connectivity index (χ3n) is 3.33. The minimum atomic E-state index is 0.0649. The van der Waals surface area contributed by atoms with Crippen molar-refractivity contribution in [1.82, 2.24) is 4.90 Å². The number of thiophene rings is 1. The maximum Gasteiger partial charge on any atom is 0.263 e. The van der Waals surface area contributed by atoms with Gasteiger partial charge >= 0.3 is 0 Å². The first kappa shape index (κ1) is 15.7. The predicted molar refractivity (Wildman–Crippen MR) is 81.4 cm³/mol. The average Bonchev–Trinajstić information content (AvgIpc) is 2.74. The molecule has 4 heteroatoms. The Balaban J connectivity index is 2.95. The van der Waals surface area contributed by atoms with Crippen LogP contribution in [0, 0.1) is 24.7 Å². The maximum atomic E-state index is 12.4. The second-order valence-electron chi connectivity index (χ2n) is 5.03. The minimum absolute atomic E-state index is 0.0649. The SMILES string of the molecule is Cc1cc(C(=O)N(C)C(C)C(C)C)sc1C#CCN. The highest BCUT2D eigenvalue weighted by Crippen LogP contribution is 2.23. The van der Waals surface area contributed by atoms with E-state index >= 15 is 0 Å². The lowest BCUT2D eigenvalue weighted by Crippen LogP contribution is -2.37. The van der Waals surface area contributed by atoms with Crippen LogP contribution in [0.5, 0.6) is 0 Å². The molecule has 1 rings (SSSR count). The van der Waals surface area contributed by atoms with E-state index in [0.29, 0.717) is 12.5 Å². The van der Waals surface area contributed by atoms with E-state index in [-0.39, 0.29) is 11.9 Å². The molecule has 1 atom stereocenters. The highest BCUT2D eigenvalue weighted by Gasteiger charge is 2.21. The largest absolute Gasteiger partial charge is 0.338 e. The van der Waals surface area contributed by atoms with E-state index in [4.69, 9.17) is 5.73 Å². The fourth-order valence-corrected chi connectivity index (χ4v) is 2.68. The maximum absolute atomic E-state index is 12.4. The van der Waals surface area contributed by atoms with Crippen LogP contribution in [-0.2, 0) is 0 Å². The lowest BCUT2D eigenvalue weighted by molar-refractivity contribution is 0.0712. The summed E-state index contributed by atoms with van der Waals surface area (Å²) in [5, 5.41) is 0. The average molecular weight is 278 g/mol. The molecule has 1 unspecified atom stereocenters. The van der Waals surface area contributed by atoms with Crippen LogP contribution in [0.15, 0.2) is 6.07 Å². The molecule has 0 bridgehead atoms. The summed E-state index contributed by atoms with van der Waals surface area (Å²) < 4.78 is 0. The Morgan fingerprint density at radius 1 is 1.47 bits per heavy atom. The molecule has 0 aromatic carbocycles. The molecule has 0 saturated carbocycles. The van der Waals surface area contributed by atoms with Crippen LogP contribution >= 0.6 is 11.3 Å². The van der Waals surface area contributed by atoms with Crippen LogP contribution < -0.4 is 5.73 Å². The summed E-state index contributed by atoms with van der Waals surface area (Å²) in [5.41, 5.74) is 6.41. The zero-order chi connectivity index (χ0) is 14.6. The molecule has 0 aliphatic carbocycles. The molecule has 1 aromatic heterocycles. The minimum Gasteiger partial charge on any atom is -0.338 e. The summed E-state index contributed by atoms with van der Waals surface area (Å²) in [6.45, 7) is 8.61. The fraction of sp³-hybridized carbons (Fsp3) is 0.533. The van der Waals surface area contributed by atoms with Gasteiger partial charge in [0.05, 0.1) is 16.3 Å². The first-order chi connectivity index (χ1) is 8.88. The van der Waals surface area contributed by atoms with Gasteiger partial charge in [-0.3, -0.25) is 4.79 Å². The van der Waals surface area contributed by atoms with Crippen LogP contribution in [0.3, 0.4) is 0 Å². The number of nitrogens with two attached hydrogens (primary N) is 1. The number of nitrogens with zero attached hydrogens (tertiary/aromatic N) is 1. The van der Waals surface area contributed by atoms with Gasteiger partial charge in [0.25, 0.3) is 5.91 Å². The summed E-state index contributed by atoms with van der Waals surface area (Å²) >= 11 is 1.44. The van der Waals surface area contributed by atoms with Crippen LogP contribution in [0.25, 0.3) is 0 Å². The van der Waals surface area contributed by atoms with E-state index in [1.54, 1.807) is 4.90 Å². The monoisotopic (exact) mass is 278 g/mol. The molecule has 19 heavy (non-hydrogen) atoms. The highest BCUT2D eigenvalue weighted by atomic mass is 32.1. The molecule has 1 aromatic rings. The van der Waals surface area contributed by atoms with E-state index in [2.05, 4.69) is 32.6 Å². The third kappa shape index (κ3) is 3.82. The van der Waals surface area contributed by atoms with Crippen LogP contribution in [0.2, 0.25) is 0 Å². The van der Waals surface area contributed by atoms with Gasteiger partial charge in [0.15, 0.2) is 0 Å². The Morgan fingerprint density at radius 3 is 2.63 bits per heavy atom. The Kier molecular flexibility index (Phi) is 5.59. The third-order valence-corrected chi connectivity index (χ3v) is 4.47. The van der Waals surface area contributed by atoms with Gasteiger partial charge in [0, 0.05) is 13.1 Å². The summed E-state index contributed by atoms with van der Waals surface area (Å²) in [5.74, 6) is 6.34. The van der Waals surface area contributed by atoms with Gasteiger partial charge < -0.3 is 10.6 Å². The molecule has 1 amide bonds. The van der Waals surface area contributed by atoms with Crippen molar-refractivity contribution in [3.05, 3.63) is 21.4 Å². The first-order valence-electron chi connectivity index (χ1n) is 6.45. The van der Waals surface area contributed by atoms with Crippen molar-refractivity contribution in [3.63, 3.8) is 0 Å². The summed E-state index contributed by atoms with van der Waals surface area (Å²) in [4.78, 5) is 15.9. The number of carbonyl (C=O) groups excluding carboxylic acids is 1. The van der Waals surface area contributed by atoms with Crippen molar-refractivity contribution in [2.45, 2.75) is 33.7 Å². The molecule has 0 radical (unpaired) electrons. The van der Waals surface area contributed by atoms with Gasteiger partial charge in [0.2, 0.25) is 0 Å². The zero-order valence-corrected chi connectivity index (χ0v) is 13.1. The van der Waals surface area contributed by atoms with Crippen molar-refractivity contribution >= 4 is 17.2 Å². The van der Waals surface area contributed by atoms with Crippen molar-refractivity contribution in [2.75, 3.05) is 13.6 Å². The number of aryl methyl sites for hydroxylation is 1. The summed E-state index contributed by atoms with van der Waals surface area (Å²) in [6, 6.07) is 2.13. The quantitative estimate of drug-likeness (QED) is 0.863. The number of hydrogen-bond acceptors (Lipinski definition) is 3. The zero-order valence-electron chi connectivity index (χ0n) is 12.3.